The van der Waals surface area contributed by atoms with Crippen molar-refractivity contribution in [3.63, 3.8) is 0 Å². The molecule has 2 aromatic heterocycles. The molecule has 0 atom stereocenters. The van der Waals surface area contributed by atoms with Gasteiger partial charge in [-0.2, -0.15) is 0 Å². The van der Waals surface area contributed by atoms with E-state index in [-0.39, 0.29) is 0 Å². The van der Waals surface area contributed by atoms with Crippen molar-refractivity contribution in [2.75, 3.05) is 0 Å². The van der Waals surface area contributed by atoms with E-state index >= 15 is 0 Å². The molecule has 3 rings (SSSR count). The Balaban J connectivity index is 1.81. The zero-order valence-corrected chi connectivity index (χ0v) is 11.6. The van der Waals surface area contributed by atoms with Crippen molar-refractivity contribution >= 4 is 33.8 Å². The first-order valence-corrected chi connectivity index (χ1v) is 7.24. The van der Waals surface area contributed by atoms with Crippen LogP contribution in [0.1, 0.15) is 10.7 Å². The minimum absolute atomic E-state index is 0.439. The number of ether oxygens (including phenoxy) is 1. The number of aromatic nitrogens is 2. The molecule has 0 unspecified atom stereocenters. The molecule has 0 aliphatic heterocycles. The van der Waals surface area contributed by atoms with Crippen molar-refractivity contribution in [3.8, 4) is 5.75 Å². The average molecular weight is 291 g/mol. The Morgan fingerprint density at radius 2 is 2.16 bits per heavy atom. The average Bonchev–Trinajstić information content (AvgIpc) is 2.93. The number of benzene rings is 1. The number of fused-ring (bicyclic) bond motifs is 1. The lowest BCUT2D eigenvalue weighted by atomic mass is 10.2. The van der Waals surface area contributed by atoms with Gasteiger partial charge >= 0.3 is 0 Å². The number of alkyl halides is 1. The molecule has 19 heavy (non-hydrogen) atoms. The summed E-state index contributed by atoms with van der Waals surface area (Å²) in [5.74, 6) is 1.27. The monoisotopic (exact) mass is 290 g/mol. The molecule has 0 amide bonds. The van der Waals surface area contributed by atoms with Gasteiger partial charge in [-0.1, -0.05) is 6.07 Å². The second-order valence-electron chi connectivity index (χ2n) is 3.98. The number of hydrogen-bond donors (Lipinski definition) is 0. The lowest BCUT2D eigenvalue weighted by Gasteiger charge is -2.07. The van der Waals surface area contributed by atoms with Gasteiger partial charge < -0.3 is 4.74 Å². The Kier molecular flexibility index (Phi) is 3.62. The van der Waals surface area contributed by atoms with Gasteiger partial charge in [0.05, 0.1) is 17.1 Å². The largest absolute Gasteiger partial charge is 0.486 e. The van der Waals surface area contributed by atoms with Crippen LogP contribution in [0.2, 0.25) is 0 Å². The Hall–Kier alpha value is -1.65. The molecule has 96 valence electrons. The Labute approximate surface area is 119 Å². The second kappa shape index (κ2) is 5.55. The lowest BCUT2D eigenvalue weighted by molar-refractivity contribution is 0.309. The maximum absolute atomic E-state index is 5.83. The summed E-state index contributed by atoms with van der Waals surface area (Å²) in [6.07, 6.45) is 1.78. The SMILES string of the molecule is ClCc1csc(COc2cccc3ncccc23)n1. The minimum Gasteiger partial charge on any atom is -0.486 e. The predicted octanol–water partition coefficient (Wildman–Crippen LogP) is 4.01. The zero-order valence-electron chi connectivity index (χ0n) is 10.0. The molecule has 3 aromatic rings. The smallest absolute Gasteiger partial charge is 0.140 e. The molecule has 0 saturated heterocycles. The van der Waals surface area contributed by atoms with Crippen LogP contribution in [0.15, 0.2) is 41.9 Å². The Bertz CT molecular complexity index is 693. The van der Waals surface area contributed by atoms with E-state index in [0.717, 1.165) is 27.4 Å². The molecule has 0 aliphatic rings. The number of rotatable bonds is 4. The van der Waals surface area contributed by atoms with Gasteiger partial charge in [0.2, 0.25) is 0 Å². The summed E-state index contributed by atoms with van der Waals surface area (Å²) in [6.45, 7) is 0.454. The van der Waals surface area contributed by atoms with Crippen LogP contribution in [-0.2, 0) is 12.5 Å². The minimum atomic E-state index is 0.439. The van der Waals surface area contributed by atoms with Crippen LogP contribution in [-0.4, -0.2) is 9.97 Å². The third-order valence-electron chi connectivity index (χ3n) is 2.69. The van der Waals surface area contributed by atoms with Crippen LogP contribution >= 0.6 is 22.9 Å². The summed E-state index contributed by atoms with van der Waals surface area (Å²) in [5.41, 5.74) is 1.82. The van der Waals surface area contributed by atoms with Crippen molar-refractivity contribution in [2.45, 2.75) is 12.5 Å². The van der Waals surface area contributed by atoms with Gasteiger partial charge in [0.15, 0.2) is 0 Å². The molecule has 1 aromatic carbocycles. The van der Waals surface area contributed by atoms with Crippen LogP contribution in [0.25, 0.3) is 10.9 Å². The molecule has 0 saturated carbocycles. The molecule has 5 heteroatoms. The van der Waals surface area contributed by atoms with Crippen molar-refractivity contribution in [3.05, 3.63) is 52.6 Å². The van der Waals surface area contributed by atoms with Gasteiger partial charge in [0.1, 0.15) is 17.4 Å². The topological polar surface area (TPSA) is 35.0 Å². The van der Waals surface area contributed by atoms with E-state index in [0.29, 0.717) is 12.5 Å². The molecule has 2 heterocycles. The number of pyridine rings is 1. The van der Waals surface area contributed by atoms with Gasteiger partial charge in [-0.25, -0.2) is 4.98 Å². The highest BCUT2D eigenvalue weighted by Gasteiger charge is 2.05. The molecule has 3 nitrogen and oxygen atoms in total. The maximum Gasteiger partial charge on any atom is 0.140 e. The third kappa shape index (κ3) is 2.69. The van der Waals surface area contributed by atoms with E-state index in [1.54, 1.807) is 17.5 Å². The highest BCUT2D eigenvalue weighted by atomic mass is 35.5. The van der Waals surface area contributed by atoms with Crippen LogP contribution < -0.4 is 4.74 Å². The van der Waals surface area contributed by atoms with Crippen LogP contribution in [0.5, 0.6) is 5.75 Å². The first kappa shape index (κ1) is 12.4. The maximum atomic E-state index is 5.83. The third-order valence-corrected chi connectivity index (χ3v) is 3.84. The summed E-state index contributed by atoms with van der Waals surface area (Å²) in [7, 11) is 0. The van der Waals surface area contributed by atoms with Crippen LogP contribution in [0.4, 0.5) is 0 Å². The Morgan fingerprint density at radius 3 is 3.00 bits per heavy atom. The fourth-order valence-electron chi connectivity index (χ4n) is 1.82. The summed E-state index contributed by atoms with van der Waals surface area (Å²) in [4.78, 5) is 8.67. The van der Waals surface area contributed by atoms with E-state index in [2.05, 4.69) is 9.97 Å². The van der Waals surface area contributed by atoms with Gasteiger partial charge in [-0.3, -0.25) is 4.98 Å². The van der Waals surface area contributed by atoms with Crippen LogP contribution in [0, 0.1) is 0 Å². The highest BCUT2D eigenvalue weighted by Crippen LogP contribution is 2.25. The molecule has 0 bridgehead atoms. The van der Waals surface area contributed by atoms with Gasteiger partial charge in [-0.05, 0) is 24.3 Å². The van der Waals surface area contributed by atoms with E-state index in [4.69, 9.17) is 16.3 Å². The Morgan fingerprint density at radius 1 is 1.21 bits per heavy atom. The zero-order chi connectivity index (χ0) is 13.1. The molecule has 0 fully saturated rings. The highest BCUT2D eigenvalue weighted by molar-refractivity contribution is 7.09. The standard InChI is InChI=1S/C14H11ClN2OS/c15-7-10-9-19-14(17-10)8-18-13-5-1-4-12-11(13)3-2-6-16-12/h1-6,9H,7-8H2. The second-order valence-corrected chi connectivity index (χ2v) is 5.19. The van der Waals surface area contributed by atoms with E-state index in [1.807, 2.05) is 35.7 Å². The number of halogens is 1. The van der Waals surface area contributed by atoms with Crippen molar-refractivity contribution in [2.24, 2.45) is 0 Å². The van der Waals surface area contributed by atoms with Crippen molar-refractivity contribution < 1.29 is 4.74 Å². The number of thiazole rings is 1. The summed E-state index contributed by atoms with van der Waals surface area (Å²) in [5, 5.41) is 3.90. The van der Waals surface area contributed by atoms with E-state index in [1.165, 1.54) is 0 Å². The first-order chi connectivity index (χ1) is 9.36. The molecule has 0 N–H and O–H groups in total. The van der Waals surface area contributed by atoms with Gasteiger partial charge in [0.25, 0.3) is 0 Å². The quantitative estimate of drug-likeness (QED) is 0.681. The van der Waals surface area contributed by atoms with Crippen LogP contribution in [0.3, 0.4) is 0 Å². The van der Waals surface area contributed by atoms with Crippen molar-refractivity contribution in [1.29, 1.82) is 0 Å². The summed E-state index contributed by atoms with van der Waals surface area (Å²) in [6, 6.07) is 9.77. The van der Waals surface area contributed by atoms with Gasteiger partial charge in [0, 0.05) is 17.0 Å². The van der Waals surface area contributed by atoms with Gasteiger partial charge in [-0.15, -0.1) is 22.9 Å². The first-order valence-electron chi connectivity index (χ1n) is 5.82. The number of hydrogen-bond acceptors (Lipinski definition) is 4. The summed E-state index contributed by atoms with van der Waals surface area (Å²) >= 11 is 7.29. The summed E-state index contributed by atoms with van der Waals surface area (Å²) < 4.78 is 5.83. The lowest BCUT2D eigenvalue weighted by Crippen LogP contribution is -1.96. The molecular weight excluding hydrogens is 280 g/mol. The fourth-order valence-corrected chi connectivity index (χ4v) is 2.75. The molecular formula is C14H11ClN2OS. The fraction of sp³-hybridized carbons (Fsp3) is 0.143. The molecule has 0 radical (unpaired) electrons. The predicted molar refractivity (Wildman–Crippen MR) is 77.7 cm³/mol. The molecule has 0 spiro atoms. The normalized spacial score (nSPS) is 10.8. The number of nitrogens with zero attached hydrogens (tertiary/aromatic N) is 2. The van der Waals surface area contributed by atoms with E-state index < -0.39 is 0 Å². The van der Waals surface area contributed by atoms with Crippen molar-refractivity contribution in [1.82, 2.24) is 9.97 Å². The molecule has 0 aliphatic carbocycles. The van der Waals surface area contributed by atoms with E-state index in [9.17, 15) is 0 Å².